The van der Waals surface area contributed by atoms with Gasteiger partial charge in [-0.3, -0.25) is 4.79 Å². The molecule has 0 aliphatic carbocycles. The Morgan fingerprint density at radius 1 is 1.45 bits per heavy atom. The van der Waals surface area contributed by atoms with Gasteiger partial charge in [0, 0.05) is 11.8 Å². The summed E-state index contributed by atoms with van der Waals surface area (Å²) in [5, 5.41) is 0. The predicted molar refractivity (Wildman–Crippen MR) is 53.6 cm³/mol. The van der Waals surface area contributed by atoms with Crippen LogP contribution in [0.15, 0.2) is 0 Å². The maximum Gasteiger partial charge on any atom is 0.138 e. The summed E-state index contributed by atoms with van der Waals surface area (Å²) in [5.74, 6) is 0.339. The third-order valence-corrected chi connectivity index (χ3v) is 1.86. The van der Waals surface area contributed by atoms with Gasteiger partial charge in [0.1, 0.15) is 5.78 Å². The Labute approximate surface area is 79.0 Å². The van der Waals surface area contributed by atoms with E-state index in [1.54, 1.807) is 0 Å². The van der Waals surface area contributed by atoms with E-state index in [9.17, 15) is 4.79 Å². The van der Waals surface area contributed by atoms with Crippen LogP contribution in [0.1, 0.15) is 27.2 Å². The lowest BCUT2D eigenvalue weighted by molar-refractivity contribution is -0.125. The normalized spacial score (nSPS) is 13.1. The number of thiocarbonyl (C=S) groups is 1. The molecule has 1 atom stereocenters. The van der Waals surface area contributed by atoms with Crippen LogP contribution in [0.25, 0.3) is 0 Å². The van der Waals surface area contributed by atoms with Crippen molar-refractivity contribution in [3.05, 3.63) is 0 Å². The fourth-order valence-electron chi connectivity index (χ4n) is 0.920. The van der Waals surface area contributed by atoms with Gasteiger partial charge in [-0.25, -0.2) is 0 Å². The van der Waals surface area contributed by atoms with Gasteiger partial charge < -0.3 is 24.8 Å². The van der Waals surface area contributed by atoms with Crippen LogP contribution in [-0.2, 0) is 17.4 Å². The Morgan fingerprint density at radius 2 is 1.91 bits per heavy atom. The Morgan fingerprint density at radius 3 is 2.18 bits per heavy atom. The van der Waals surface area contributed by atoms with Crippen molar-refractivity contribution >= 4 is 34.8 Å². The average molecular weight is 189 g/mol. The van der Waals surface area contributed by atoms with Crippen LogP contribution in [-0.4, -0.2) is 9.98 Å². The minimum absolute atomic E-state index is 0. The molecule has 11 heavy (non-hydrogen) atoms. The quantitative estimate of drug-likeness (QED) is 0.498. The van der Waals surface area contributed by atoms with Gasteiger partial charge in [-0.1, -0.05) is 20.8 Å². The fourth-order valence-corrected chi connectivity index (χ4v) is 1.42. The first-order chi connectivity index (χ1) is 4.95. The van der Waals surface area contributed by atoms with Crippen molar-refractivity contribution in [3.8, 4) is 0 Å². The summed E-state index contributed by atoms with van der Waals surface area (Å²) >= 11 is 9.48. The van der Waals surface area contributed by atoms with Gasteiger partial charge in [0.15, 0.2) is 0 Å². The van der Waals surface area contributed by atoms with Gasteiger partial charge in [0.25, 0.3) is 0 Å². The minimum atomic E-state index is 0. The highest BCUT2D eigenvalue weighted by Gasteiger charge is 2.14. The zero-order valence-electron chi connectivity index (χ0n) is 7.09. The second-order valence-electron chi connectivity index (χ2n) is 3.03. The molecule has 1 unspecified atom stereocenters. The highest BCUT2D eigenvalue weighted by molar-refractivity contribution is 8.00. The fraction of sp³-hybridized carbons (Fsp3) is 0.750. The van der Waals surface area contributed by atoms with Gasteiger partial charge in [0.05, 0.1) is 0 Å². The zero-order chi connectivity index (χ0) is 9.02. The third-order valence-electron chi connectivity index (χ3n) is 1.53. The van der Waals surface area contributed by atoms with Crippen LogP contribution in [0.2, 0.25) is 0 Å². The van der Waals surface area contributed by atoms with Crippen molar-refractivity contribution in [2.45, 2.75) is 27.2 Å². The monoisotopic (exact) mass is 189 g/mol. The molecule has 0 bridgehead atoms. The van der Waals surface area contributed by atoms with Crippen LogP contribution in [0, 0.1) is 11.8 Å². The maximum atomic E-state index is 11.3. The molecule has 0 rings (SSSR count). The molecular formula is C8H13OS2-. The van der Waals surface area contributed by atoms with Gasteiger partial charge in [-0.15, -0.1) is 0 Å². The van der Waals surface area contributed by atoms with Gasteiger partial charge in [-0.05, 0) is 6.42 Å². The van der Waals surface area contributed by atoms with Crippen molar-refractivity contribution in [3.63, 3.8) is 0 Å². The molecule has 0 aromatic rings. The molecule has 0 saturated heterocycles. The van der Waals surface area contributed by atoms with E-state index in [2.05, 4.69) is 0 Å². The molecule has 0 aliphatic rings. The lowest BCUT2D eigenvalue weighted by Crippen LogP contribution is -2.18. The number of hydrogen-bond acceptors (Lipinski definition) is 3. The van der Waals surface area contributed by atoms with Gasteiger partial charge in [-0.2, -0.15) is 4.20 Å². The molecular weight excluding hydrogens is 176 g/mol. The maximum absolute atomic E-state index is 11.3. The lowest BCUT2D eigenvalue weighted by atomic mass is 9.95. The summed E-state index contributed by atoms with van der Waals surface area (Å²) in [5.41, 5.74) is 0. The molecule has 0 heterocycles. The van der Waals surface area contributed by atoms with Crippen molar-refractivity contribution in [1.29, 1.82) is 0 Å². The summed E-state index contributed by atoms with van der Waals surface area (Å²) < 4.78 is 0.506. The van der Waals surface area contributed by atoms with E-state index in [0.717, 1.165) is 0 Å². The summed E-state index contributed by atoms with van der Waals surface area (Å²) in [6, 6.07) is 0. The van der Waals surface area contributed by atoms with Crippen LogP contribution in [0.5, 0.6) is 0 Å². The molecule has 0 N–H and O–H groups in total. The third kappa shape index (κ3) is 4.43. The Bertz CT molecular complexity index is 163. The number of carbonyl (C=O) groups is 1. The second kappa shape index (κ2) is 4.78. The molecule has 0 amide bonds. The van der Waals surface area contributed by atoms with Crippen LogP contribution >= 0.6 is 12.2 Å². The highest BCUT2D eigenvalue weighted by Crippen LogP contribution is 2.10. The molecule has 0 aromatic heterocycles. The Hall–Kier alpha value is -0.0200. The molecule has 0 saturated carbocycles. The van der Waals surface area contributed by atoms with E-state index >= 15 is 0 Å². The van der Waals surface area contributed by atoms with Gasteiger partial charge >= 0.3 is 0 Å². The minimum Gasteiger partial charge on any atom is -0.433 e. The first-order valence-electron chi connectivity index (χ1n) is 3.68. The largest absolute Gasteiger partial charge is 0.433 e. The second-order valence-corrected chi connectivity index (χ2v) is 4.28. The summed E-state index contributed by atoms with van der Waals surface area (Å²) in [6.07, 6.45) is 0.571. The molecule has 1 nitrogen and oxygen atoms in total. The Balaban J connectivity index is 3.93. The van der Waals surface area contributed by atoms with Crippen molar-refractivity contribution < 1.29 is 4.79 Å². The Kier molecular flexibility index (Phi) is 4.77. The molecule has 64 valence electrons. The van der Waals surface area contributed by atoms with E-state index in [4.69, 9.17) is 24.8 Å². The summed E-state index contributed by atoms with van der Waals surface area (Å²) in [4.78, 5) is 11.3. The lowest BCUT2D eigenvalue weighted by Gasteiger charge is -2.14. The molecule has 0 aliphatic heterocycles. The number of Topliss-reactive ketones (excluding diaryl/α,β-unsaturated/α-hetero) is 1. The van der Waals surface area contributed by atoms with E-state index in [-0.39, 0.29) is 17.6 Å². The number of ketones is 1. The van der Waals surface area contributed by atoms with E-state index in [1.807, 2.05) is 20.8 Å². The number of carbonyl (C=O) groups excluding carboxylic acids is 1. The topological polar surface area (TPSA) is 17.1 Å². The smallest absolute Gasteiger partial charge is 0.138 e. The molecule has 0 aromatic carbocycles. The molecule has 3 heteroatoms. The van der Waals surface area contributed by atoms with Crippen LogP contribution in [0.3, 0.4) is 0 Å². The standard InChI is InChI=1S/C8H14OS2/c1-5(2)8(9)6(3)4-7(10)11/h5-6H,4H2,1-3H3,(H,10,11)/p-1. The van der Waals surface area contributed by atoms with Crippen molar-refractivity contribution in [2.75, 3.05) is 0 Å². The average Bonchev–Trinajstić information content (AvgIpc) is 1.84. The number of hydrogen-bond donors (Lipinski definition) is 0. The molecule has 0 radical (unpaired) electrons. The van der Waals surface area contributed by atoms with Crippen molar-refractivity contribution in [2.24, 2.45) is 11.8 Å². The SMILES string of the molecule is CC(C)C(=O)C(C)CC(=S)[S-]. The van der Waals surface area contributed by atoms with Crippen molar-refractivity contribution in [1.82, 2.24) is 0 Å². The first kappa shape index (κ1) is 11.0. The van der Waals surface area contributed by atoms with Gasteiger partial charge in [0.2, 0.25) is 0 Å². The van der Waals surface area contributed by atoms with E-state index < -0.39 is 0 Å². The number of rotatable bonds is 4. The molecule has 0 spiro atoms. The predicted octanol–water partition coefficient (Wildman–Crippen LogP) is 2.11. The van der Waals surface area contributed by atoms with E-state index in [0.29, 0.717) is 10.6 Å². The highest BCUT2D eigenvalue weighted by atomic mass is 32.1. The first-order valence-corrected chi connectivity index (χ1v) is 4.50. The van der Waals surface area contributed by atoms with Crippen LogP contribution in [0.4, 0.5) is 0 Å². The summed E-state index contributed by atoms with van der Waals surface area (Å²) in [7, 11) is 0. The molecule has 0 fully saturated rings. The zero-order valence-corrected chi connectivity index (χ0v) is 8.72. The summed E-state index contributed by atoms with van der Waals surface area (Å²) in [6.45, 7) is 5.66. The van der Waals surface area contributed by atoms with Crippen LogP contribution < -0.4 is 0 Å². The van der Waals surface area contributed by atoms with E-state index in [1.165, 1.54) is 0 Å².